The van der Waals surface area contributed by atoms with Crippen molar-refractivity contribution in [1.82, 2.24) is 15.2 Å². The van der Waals surface area contributed by atoms with Crippen molar-refractivity contribution in [1.29, 1.82) is 0 Å². The van der Waals surface area contributed by atoms with Gasteiger partial charge >= 0.3 is 0 Å². The molecular formula is C17H21N5. The molecule has 0 amide bonds. The van der Waals surface area contributed by atoms with Crippen LogP contribution in [0.2, 0.25) is 0 Å². The van der Waals surface area contributed by atoms with Gasteiger partial charge in [0.05, 0.1) is 5.69 Å². The van der Waals surface area contributed by atoms with Gasteiger partial charge in [-0.2, -0.15) is 5.10 Å². The zero-order valence-corrected chi connectivity index (χ0v) is 12.9. The number of anilines is 2. The van der Waals surface area contributed by atoms with Crippen molar-refractivity contribution in [3.05, 3.63) is 41.9 Å². The van der Waals surface area contributed by atoms with Crippen molar-refractivity contribution in [3.8, 4) is 0 Å². The van der Waals surface area contributed by atoms with Gasteiger partial charge < -0.3 is 10.2 Å². The highest BCUT2D eigenvalue weighted by Crippen LogP contribution is 2.38. The molecule has 1 saturated carbocycles. The molecule has 0 unspecified atom stereocenters. The van der Waals surface area contributed by atoms with Gasteiger partial charge in [-0.3, -0.25) is 4.98 Å². The summed E-state index contributed by atoms with van der Waals surface area (Å²) < 4.78 is 0. The van der Waals surface area contributed by atoms with Crippen LogP contribution < -0.4 is 10.2 Å². The summed E-state index contributed by atoms with van der Waals surface area (Å²) in [7, 11) is 0. The largest absolute Gasteiger partial charge is 0.385 e. The first kappa shape index (κ1) is 13.5. The van der Waals surface area contributed by atoms with Crippen LogP contribution in [0.1, 0.15) is 30.1 Å². The summed E-state index contributed by atoms with van der Waals surface area (Å²) in [5.74, 6) is 2.36. The van der Waals surface area contributed by atoms with Crippen molar-refractivity contribution in [2.45, 2.75) is 25.7 Å². The number of rotatable bonds is 5. The highest BCUT2D eigenvalue weighted by molar-refractivity contribution is 5.45. The predicted octanol–water partition coefficient (Wildman–Crippen LogP) is 2.61. The molecule has 2 aromatic heterocycles. The van der Waals surface area contributed by atoms with E-state index in [1.165, 1.54) is 12.8 Å². The Bertz CT molecular complexity index is 644. The fourth-order valence-electron chi connectivity index (χ4n) is 2.90. The van der Waals surface area contributed by atoms with Gasteiger partial charge in [-0.25, -0.2) is 0 Å². The van der Waals surface area contributed by atoms with Crippen LogP contribution >= 0.6 is 0 Å². The number of hydrogen-bond acceptors (Lipinski definition) is 5. The lowest BCUT2D eigenvalue weighted by molar-refractivity contribution is 0.425. The molecule has 1 N–H and O–H groups in total. The molecule has 4 rings (SSSR count). The molecule has 22 heavy (non-hydrogen) atoms. The normalized spacial score (nSPS) is 18.1. The van der Waals surface area contributed by atoms with Gasteiger partial charge in [-0.15, -0.1) is 5.10 Å². The van der Waals surface area contributed by atoms with E-state index < -0.39 is 0 Å². The molecule has 1 saturated heterocycles. The Balaban J connectivity index is 1.26. The molecule has 5 heteroatoms. The molecule has 2 fully saturated rings. The van der Waals surface area contributed by atoms with Crippen molar-refractivity contribution in [2.75, 3.05) is 29.9 Å². The number of pyridine rings is 1. The van der Waals surface area contributed by atoms with Crippen LogP contribution in [0.5, 0.6) is 0 Å². The van der Waals surface area contributed by atoms with Gasteiger partial charge in [0.1, 0.15) is 0 Å². The first-order valence-corrected chi connectivity index (χ1v) is 8.03. The molecule has 1 aliphatic carbocycles. The van der Waals surface area contributed by atoms with Crippen LogP contribution in [-0.2, 0) is 0 Å². The third-order valence-electron chi connectivity index (χ3n) is 4.44. The molecule has 2 aromatic rings. The molecular weight excluding hydrogens is 274 g/mol. The van der Waals surface area contributed by atoms with Gasteiger partial charge in [0, 0.05) is 49.0 Å². The zero-order chi connectivity index (χ0) is 14.9. The van der Waals surface area contributed by atoms with Gasteiger partial charge in [-0.1, -0.05) is 0 Å². The summed E-state index contributed by atoms with van der Waals surface area (Å²) in [5.41, 5.74) is 3.36. The van der Waals surface area contributed by atoms with E-state index in [-0.39, 0.29) is 0 Å². The highest BCUT2D eigenvalue weighted by Gasteiger charge is 2.29. The lowest BCUT2D eigenvalue weighted by atomic mass is 10.00. The fraction of sp³-hybridized carbons (Fsp3) is 0.471. The van der Waals surface area contributed by atoms with Crippen LogP contribution in [-0.4, -0.2) is 34.8 Å². The molecule has 0 radical (unpaired) electrons. The number of nitrogens with one attached hydrogen (secondary N) is 1. The van der Waals surface area contributed by atoms with Crippen molar-refractivity contribution in [2.24, 2.45) is 5.92 Å². The Morgan fingerprint density at radius 2 is 2.05 bits per heavy atom. The van der Waals surface area contributed by atoms with E-state index in [1.54, 1.807) is 0 Å². The topological polar surface area (TPSA) is 53.9 Å². The fourth-order valence-corrected chi connectivity index (χ4v) is 2.90. The second-order valence-corrected chi connectivity index (χ2v) is 6.43. The third-order valence-corrected chi connectivity index (χ3v) is 4.44. The minimum atomic E-state index is 0.665. The second kappa shape index (κ2) is 5.55. The van der Waals surface area contributed by atoms with Gasteiger partial charge in [0.15, 0.2) is 5.82 Å². The van der Waals surface area contributed by atoms with Gasteiger partial charge in [-0.05, 0) is 44.0 Å². The van der Waals surface area contributed by atoms with Gasteiger partial charge in [0.25, 0.3) is 0 Å². The molecule has 2 aliphatic rings. The SMILES string of the molecule is Cc1cc(NCC2CN(c3ccc(C4CC4)nn3)C2)ccn1. The monoisotopic (exact) mass is 295 g/mol. The van der Waals surface area contributed by atoms with Crippen LogP contribution in [0.4, 0.5) is 11.5 Å². The Morgan fingerprint density at radius 3 is 2.73 bits per heavy atom. The molecule has 0 aromatic carbocycles. The van der Waals surface area contributed by atoms with E-state index in [4.69, 9.17) is 0 Å². The Labute approximate surface area is 130 Å². The summed E-state index contributed by atoms with van der Waals surface area (Å²) in [6, 6.07) is 8.37. The lowest BCUT2D eigenvalue weighted by Gasteiger charge is -2.40. The summed E-state index contributed by atoms with van der Waals surface area (Å²) in [6.45, 7) is 5.11. The van der Waals surface area contributed by atoms with Gasteiger partial charge in [0.2, 0.25) is 0 Å². The van der Waals surface area contributed by atoms with E-state index >= 15 is 0 Å². The maximum atomic E-state index is 4.37. The first-order valence-electron chi connectivity index (χ1n) is 8.03. The molecule has 3 heterocycles. The van der Waals surface area contributed by atoms with E-state index in [0.717, 1.165) is 42.5 Å². The molecule has 5 nitrogen and oxygen atoms in total. The summed E-state index contributed by atoms with van der Waals surface area (Å²) in [6.07, 6.45) is 4.40. The molecule has 0 bridgehead atoms. The van der Waals surface area contributed by atoms with Crippen LogP contribution in [0.3, 0.4) is 0 Å². The number of nitrogens with zero attached hydrogens (tertiary/aromatic N) is 4. The maximum absolute atomic E-state index is 4.37. The Kier molecular flexibility index (Phi) is 3.41. The van der Waals surface area contributed by atoms with E-state index in [9.17, 15) is 0 Å². The van der Waals surface area contributed by atoms with Crippen LogP contribution in [0.25, 0.3) is 0 Å². The number of aromatic nitrogens is 3. The third kappa shape index (κ3) is 2.89. The molecule has 0 atom stereocenters. The average molecular weight is 295 g/mol. The smallest absolute Gasteiger partial charge is 0.151 e. The highest BCUT2D eigenvalue weighted by atomic mass is 15.3. The summed E-state index contributed by atoms with van der Waals surface area (Å²) in [5, 5.41) is 12.2. The molecule has 114 valence electrons. The van der Waals surface area contributed by atoms with Crippen LogP contribution in [0, 0.1) is 12.8 Å². The van der Waals surface area contributed by atoms with E-state index in [2.05, 4.69) is 43.6 Å². The minimum absolute atomic E-state index is 0.665. The maximum Gasteiger partial charge on any atom is 0.151 e. The summed E-state index contributed by atoms with van der Waals surface area (Å²) in [4.78, 5) is 6.51. The number of aryl methyl sites for hydroxylation is 1. The van der Waals surface area contributed by atoms with E-state index in [0.29, 0.717) is 11.8 Å². The molecule has 0 spiro atoms. The quantitative estimate of drug-likeness (QED) is 0.919. The minimum Gasteiger partial charge on any atom is -0.385 e. The average Bonchev–Trinajstić information content (AvgIpc) is 3.31. The Hall–Kier alpha value is -2.17. The zero-order valence-electron chi connectivity index (χ0n) is 12.9. The number of hydrogen-bond donors (Lipinski definition) is 1. The summed E-state index contributed by atoms with van der Waals surface area (Å²) >= 11 is 0. The predicted molar refractivity (Wildman–Crippen MR) is 87.2 cm³/mol. The Morgan fingerprint density at radius 1 is 1.18 bits per heavy atom. The first-order chi connectivity index (χ1) is 10.8. The van der Waals surface area contributed by atoms with E-state index in [1.807, 2.05) is 19.2 Å². The van der Waals surface area contributed by atoms with Crippen molar-refractivity contribution >= 4 is 11.5 Å². The lowest BCUT2D eigenvalue weighted by Crippen LogP contribution is -2.50. The van der Waals surface area contributed by atoms with Crippen molar-refractivity contribution < 1.29 is 0 Å². The van der Waals surface area contributed by atoms with Crippen molar-refractivity contribution in [3.63, 3.8) is 0 Å². The second-order valence-electron chi connectivity index (χ2n) is 6.43. The molecule has 1 aliphatic heterocycles. The van der Waals surface area contributed by atoms with Crippen LogP contribution in [0.15, 0.2) is 30.5 Å². The standard InChI is InChI=1S/C17H21N5/c1-12-8-15(6-7-18-12)19-9-13-10-22(11-13)17-5-4-16(20-21-17)14-2-3-14/h4-8,13-14H,2-3,9-11H2,1H3,(H,18,19).